The van der Waals surface area contributed by atoms with Crippen LogP contribution in [0.4, 0.5) is 16.2 Å². The fourth-order valence-electron chi connectivity index (χ4n) is 11.0. The SMILES string of the molecule is COc1cc2c(cc1OC)CN(C(=O)C1C3C(=O)OC(c4ccccc4)C(c4ccccc4)N3C(c3ccc(O)cc3)C13C(=O)N(C(=O)OCc1ccc([N+](=O)[O-])cc1)c1ccc(C#CCCO)cc13)CC2. The fourth-order valence-corrected chi connectivity index (χ4v) is 11.0. The van der Waals surface area contributed by atoms with Crippen molar-refractivity contribution in [1.82, 2.24) is 9.80 Å². The number of phenolic OH excluding ortho intramolecular Hbond substituents is 1. The van der Waals surface area contributed by atoms with Gasteiger partial charge in [0.1, 0.15) is 29.9 Å². The van der Waals surface area contributed by atoms with Gasteiger partial charge in [0.15, 0.2) is 11.5 Å². The van der Waals surface area contributed by atoms with Crippen molar-refractivity contribution in [1.29, 1.82) is 0 Å². The van der Waals surface area contributed by atoms with E-state index in [1.165, 1.54) is 43.5 Å². The third-order valence-electron chi connectivity index (χ3n) is 14.1. The van der Waals surface area contributed by atoms with Crippen molar-refractivity contribution < 1.29 is 53.3 Å². The number of nitro benzene ring substituents is 1. The van der Waals surface area contributed by atoms with Crippen LogP contribution in [-0.2, 0) is 48.8 Å². The molecule has 0 aromatic heterocycles. The summed E-state index contributed by atoms with van der Waals surface area (Å²) in [5, 5.41) is 31.9. The van der Waals surface area contributed by atoms with E-state index in [1.807, 2.05) is 77.7 Å². The van der Waals surface area contributed by atoms with Crippen LogP contribution >= 0.6 is 0 Å². The number of imide groups is 1. The third kappa shape index (κ3) is 8.02. The zero-order chi connectivity index (χ0) is 50.3. The summed E-state index contributed by atoms with van der Waals surface area (Å²) in [6.45, 7) is -0.345. The van der Waals surface area contributed by atoms with E-state index in [-0.39, 0.29) is 55.4 Å². The summed E-state index contributed by atoms with van der Waals surface area (Å²) in [5.74, 6) is 3.13. The molecule has 0 radical (unpaired) electrons. The summed E-state index contributed by atoms with van der Waals surface area (Å²) >= 11 is 0. The maximum Gasteiger partial charge on any atom is 0.421 e. The minimum Gasteiger partial charge on any atom is -0.508 e. The normalized spacial score (nSPS) is 22.0. The monoisotopic (exact) mass is 968 g/mol. The number of nitrogens with zero attached hydrogens (tertiary/aromatic N) is 4. The molecule has 4 aliphatic rings. The smallest absolute Gasteiger partial charge is 0.421 e. The molecule has 1 spiro atoms. The number of carbonyl (C=O) groups excluding carboxylic acids is 4. The number of ether oxygens (including phenoxy) is 4. The first-order valence-corrected chi connectivity index (χ1v) is 23.4. The number of rotatable bonds is 10. The minimum atomic E-state index is -2.13. The number of methoxy groups -OCH3 is 2. The number of benzene rings is 6. The molecular weight excluding hydrogens is 921 g/mol. The van der Waals surface area contributed by atoms with Crippen LogP contribution in [0.3, 0.4) is 0 Å². The van der Waals surface area contributed by atoms with Gasteiger partial charge in [-0.25, -0.2) is 9.69 Å². The summed E-state index contributed by atoms with van der Waals surface area (Å²) in [7, 11) is 3.06. The fraction of sp³-hybridized carbons (Fsp3) is 0.250. The Kier molecular flexibility index (Phi) is 12.7. The quantitative estimate of drug-likeness (QED) is 0.0588. The van der Waals surface area contributed by atoms with Crippen LogP contribution in [0.2, 0.25) is 0 Å². The molecule has 2 saturated heterocycles. The number of aliphatic hydroxyl groups excluding tert-OH is 1. The summed E-state index contributed by atoms with van der Waals surface area (Å²) < 4.78 is 23.8. The number of cyclic esters (lactones) is 1. The lowest BCUT2D eigenvalue weighted by Gasteiger charge is -2.46. The summed E-state index contributed by atoms with van der Waals surface area (Å²) in [6, 6.07) is 35.2. The molecule has 2 fully saturated rings. The first kappa shape index (κ1) is 47.2. The Morgan fingerprint density at radius 1 is 0.819 bits per heavy atom. The molecule has 6 atom stereocenters. The number of aliphatic hydroxyl groups is 1. The van der Waals surface area contributed by atoms with Crippen LogP contribution in [-0.4, -0.2) is 82.2 Å². The lowest BCUT2D eigenvalue weighted by molar-refractivity contribution is -0.384. The highest BCUT2D eigenvalue weighted by Crippen LogP contribution is 2.66. The van der Waals surface area contributed by atoms with E-state index in [0.717, 1.165) is 16.0 Å². The molecule has 6 unspecified atom stereocenters. The third-order valence-corrected chi connectivity index (χ3v) is 14.1. The number of anilines is 1. The van der Waals surface area contributed by atoms with E-state index >= 15 is 14.4 Å². The van der Waals surface area contributed by atoms with E-state index in [1.54, 1.807) is 42.3 Å². The number of morpholine rings is 1. The Balaban J connectivity index is 1.22. The molecule has 72 heavy (non-hydrogen) atoms. The lowest BCUT2D eigenvalue weighted by atomic mass is 9.64. The number of esters is 1. The molecule has 3 amide bonds. The Hall–Kier alpha value is -8.52. The van der Waals surface area contributed by atoms with Gasteiger partial charge in [0.05, 0.1) is 49.4 Å². The van der Waals surface area contributed by atoms with E-state index < -0.39 is 64.4 Å². The van der Waals surface area contributed by atoms with Gasteiger partial charge in [0.2, 0.25) is 11.8 Å². The molecule has 6 aromatic rings. The predicted molar refractivity (Wildman–Crippen MR) is 261 cm³/mol. The summed E-state index contributed by atoms with van der Waals surface area (Å²) in [4.78, 5) is 78.8. The number of hydrogen-bond acceptors (Lipinski definition) is 13. The van der Waals surface area contributed by atoms with Crippen molar-refractivity contribution in [3.63, 3.8) is 0 Å². The van der Waals surface area contributed by atoms with Crippen LogP contribution in [0.5, 0.6) is 17.2 Å². The van der Waals surface area contributed by atoms with Crippen molar-refractivity contribution in [2.45, 2.75) is 55.6 Å². The van der Waals surface area contributed by atoms with Crippen LogP contribution in [0.15, 0.2) is 140 Å². The van der Waals surface area contributed by atoms with Crippen LogP contribution < -0.4 is 14.4 Å². The molecule has 4 heterocycles. The molecular formula is C56H48N4O12. The largest absolute Gasteiger partial charge is 0.508 e. The van der Waals surface area contributed by atoms with Crippen LogP contribution in [0, 0.1) is 27.9 Å². The van der Waals surface area contributed by atoms with Crippen molar-refractivity contribution in [3.05, 3.63) is 194 Å². The van der Waals surface area contributed by atoms with E-state index in [4.69, 9.17) is 18.9 Å². The maximum absolute atomic E-state index is 16.6. The van der Waals surface area contributed by atoms with Crippen molar-refractivity contribution in [2.24, 2.45) is 5.92 Å². The second-order valence-corrected chi connectivity index (χ2v) is 18.0. The highest BCUT2D eigenvalue weighted by Gasteiger charge is 2.76. The molecule has 16 nitrogen and oxygen atoms in total. The number of nitro groups is 1. The molecule has 0 aliphatic carbocycles. The number of fused-ring (bicyclic) bond motifs is 4. The van der Waals surface area contributed by atoms with Gasteiger partial charge in [-0.15, -0.1) is 0 Å². The topological polar surface area (TPSA) is 199 Å². The van der Waals surface area contributed by atoms with E-state index in [0.29, 0.717) is 45.7 Å². The Morgan fingerprint density at radius 2 is 1.49 bits per heavy atom. The Morgan fingerprint density at radius 3 is 2.14 bits per heavy atom. The minimum absolute atomic E-state index is 0.0657. The van der Waals surface area contributed by atoms with Crippen LogP contribution in [0.1, 0.15) is 69.1 Å². The summed E-state index contributed by atoms with van der Waals surface area (Å²) in [5.41, 5.74) is 2.26. The first-order chi connectivity index (χ1) is 35.0. The highest BCUT2D eigenvalue weighted by molar-refractivity contribution is 6.23. The number of non-ortho nitro benzene ring substituents is 1. The van der Waals surface area contributed by atoms with Gasteiger partial charge < -0.3 is 34.1 Å². The molecule has 364 valence electrons. The Labute approximate surface area is 414 Å². The van der Waals surface area contributed by atoms with Crippen molar-refractivity contribution in [3.8, 4) is 29.1 Å². The van der Waals surface area contributed by atoms with E-state index in [2.05, 4.69) is 11.8 Å². The van der Waals surface area contributed by atoms with Gasteiger partial charge in [0, 0.05) is 37.2 Å². The van der Waals surface area contributed by atoms with Gasteiger partial charge >= 0.3 is 12.1 Å². The average Bonchev–Trinajstić information content (AvgIpc) is 3.86. The molecule has 2 N–H and O–H groups in total. The molecule has 10 rings (SSSR count). The number of aromatic hydroxyl groups is 1. The number of amides is 3. The average molecular weight is 969 g/mol. The Bertz CT molecular complexity index is 3160. The summed E-state index contributed by atoms with van der Waals surface area (Å²) in [6.07, 6.45) is -1.55. The van der Waals surface area contributed by atoms with Gasteiger partial charge in [-0.05, 0) is 100.0 Å². The van der Waals surface area contributed by atoms with Crippen LogP contribution in [0.25, 0.3) is 0 Å². The molecule has 0 bridgehead atoms. The highest BCUT2D eigenvalue weighted by atomic mass is 16.6. The molecule has 4 aliphatic heterocycles. The number of phenols is 1. The number of hydrogen-bond donors (Lipinski definition) is 2. The second kappa shape index (κ2) is 19.3. The van der Waals surface area contributed by atoms with Gasteiger partial charge in [-0.2, -0.15) is 0 Å². The number of carbonyl (C=O) groups is 4. The molecule has 6 aromatic carbocycles. The van der Waals surface area contributed by atoms with Gasteiger partial charge in [-0.3, -0.25) is 29.4 Å². The zero-order valence-electron chi connectivity index (χ0n) is 39.2. The standard InChI is InChI=1S/C56H48N4O12/c1-69-45-30-39-26-27-57(32-40(39)31-46(45)70-2)52(63)47-49-53(64)72-50(37-14-7-4-8-15-37)48(36-12-5-3-6-13-36)59(49)51(38-19-23-42(62)24-20-38)56(47)43-29-34(11-9-10-28-61)18-25-44(43)58(54(56)65)55(66)71-33-35-16-21-41(22-17-35)60(67)68/h3-8,12-25,29-31,47-51,61-62H,10,26-28,32-33H2,1-2H3. The maximum atomic E-state index is 16.6. The first-order valence-electron chi connectivity index (χ1n) is 23.4. The predicted octanol–water partition coefficient (Wildman–Crippen LogP) is 7.64. The van der Waals surface area contributed by atoms with Gasteiger partial charge in [0.25, 0.3) is 5.69 Å². The van der Waals surface area contributed by atoms with Crippen molar-refractivity contribution >= 4 is 35.3 Å². The zero-order valence-corrected chi connectivity index (χ0v) is 39.2. The molecule has 0 saturated carbocycles. The second-order valence-electron chi connectivity index (χ2n) is 18.0. The molecule has 16 heteroatoms. The lowest BCUT2D eigenvalue weighted by Crippen LogP contribution is -2.57. The van der Waals surface area contributed by atoms with Gasteiger partial charge in [-0.1, -0.05) is 84.6 Å². The van der Waals surface area contributed by atoms with E-state index in [9.17, 15) is 25.1 Å². The van der Waals surface area contributed by atoms with Crippen molar-refractivity contribution in [2.75, 3.05) is 32.3 Å².